The zero-order valence-electron chi connectivity index (χ0n) is 14.6. The Bertz CT molecular complexity index is 912. The molecule has 0 saturated carbocycles. The molecule has 1 aromatic carbocycles. The van der Waals surface area contributed by atoms with Gasteiger partial charge in [-0.05, 0) is 43.0 Å². The molecule has 144 valence electrons. The smallest absolute Gasteiger partial charge is 0.243 e. The summed E-state index contributed by atoms with van der Waals surface area (Å²) >= 11 is 0. The largest absolute Gasteiger partial charge is 0.326 e. The van der Waals surface area contributed by atoms with Gasteiger partial charge in [0, 0.05) is 31.2 Å². The lowest BCUT2D eigenvalue weighted by atomic mass is 10.0. The fraction of sp³-hybridized carbons (Fsp3) is 0.562. The Balaban J connectivity index is 1.86. The van der Waals surface area contributed by atoms with E-state index in [1.807, 2.05) is 0 Å². The molecule has 10 heteroatoms. The van der Waals surface area contributed by atoms with E-state index in [0.29, 0.717) is 31.5 Å². The van der Waals surface area contributed by atoms with E-state index < -0.39 is 26.1 Å². The number of carbonyl (C=O) groups is 1. The highest BCUT2D eigenvalue weighted by Gasteiger charge is 2.34. The molecule has 8 nitrogen and oxygen atoms in total. The molecule has 2 aliphatic rings. The Hall–Kier alpha value is -1.49. The van der Waals surface area contributed by atoms with E-state index in [9.17, 15) is 21.6 Å². The average Bonchev–Trinajstić information content (AvgIpc) is 2.59. The number of fused-ring (bicyclic) bond motifs is 1. The molecule has 1 aromatic rings. The quantitative estimate of drug-likeness (QED) is 0.753. The molecule has 3 rings (SSSR count). The van der Waals surface area contributed by atoms with Crippen molar-refractivity contribution in [1.29, 1.82) is 0 Å². The third-order valence-electron chi connectivity index (χ3n) is 4.73. The fourth-order valence-electron chi connectivity index (χ4n) is 3.40. The lowest BCUT2D eigenvalue weighted by molar-refractivity contribution is -0.116. The topological polar surface area (TPSA) is 113 Å². The summed E-state index contributed by atoms with van der Waals surface area (Å²) in [6.07, 6.45) is 4.12. The van der Waals surface area contributed by atoms with Gasteiger partial charge in [0.25, 0.3) is 0 Å². The maximum Gasteiger partial charge on any atom is 0.243 e. The molecule has 0 spiro atoms. The van der Waals surface area contributed by atoms with Crippen molar-refractivity contribution in [3.63, 3.8) is 0 Å². The van der Waals surface area contributed by atoms with E-state index in [1.54, 1.807) is 12.1 Å². The molecular formula is C16H23N3O5S2. The van der Waals surface area contributed by atoms with Gasteiger partial charge in [0.2, 0.25) is 26.0 Å². The molecule has 2 aliphatic heterocycles. The molecule has 1 fully saturated rings. The fourth-order valence-corrected chi connectivity index (χ4v) is 5.64. The SMILES string of the molecule is CS(=O)(=O)NC[C@H]1CCCCN1S(=O)(=O)c1ccc2c(c1)CCC(=O)N2. The van der Waals surface area contributed by atoms with Crippen LogP contribution in [0, 0.1) is 0 Å². The van der Waals surface area contributed by atoms with Crippen LogP contribution in [-0.2, 0) is 31.3 Å². The van der Waals surface area contributed by atoms with Crippen LogP contribution in [0.5, 0.6) is 0 Å². The van der Waals surface area contributed by atoms with Gasteiger partial charge in [-0.1, -0.05) is 6.42 Å². The van der Waals surface area contributed by atoms with Gasteiger partial charge in [0.1, 0.15) is 0 Å². The third-order valence-corrected chi connectivity index (χ3v) is 7.37. The number of carbonyl (C=O) groups excluding carboxylic acids is 1. The first kappa shape index (κ1) is 19.3. The maximum atomic E-state index is 13.1. The average molecular weight is 402 g/mol. The Morgan fingerprint density at radius 2 is 1.96 bits per heavy atom. The van der Waals surface area contributed by atoms with Crippen molar-refractivity contribution in [2.45, 2.75) is 43.0 Å². The lowest BCUT2D eigenvalue weighted by Gasteiger charge is -2.34. The zero-order valence-corrected chi connectivity index (χ0v) is 16.2. The van der Waals surface area contributed by atoms with Crippen molar-refractivity contribution in [1.82, 2.24) is 9.03 Å². The number of anilines is 1. The number of benzene rings is 1. The zero-order chi connectivity index (χ0) is 18.9. The van der Waals surface area contributed by atoms with Crippen LogP contribution in [0.15, 0.2) is 23.1 Å². The van der Waals surface area contributed by atoms with Crippen molar-refractivity contribution < 1.29 is 21.6 Å². The van der Waals surface area contributed by atoms with Crippen LogP contribution in [0.2, 0.25) is 0 Å². The number of sulfonamides is 2. The minimum Gasteiger partial charge on any atom is -0.326 e. The minimum atomic E-state index is -3.74. The number of amides is 1. The molecule has 26 heavy (non-hydrogen) atoms. The maximum absolute atomic E-state index is 13.1. The summed E-state index contributed by atoms with van der Waals surface area (Å²) in [6, 6.07) is 4.32. The lowest BCUT2D eigenvalue weighted by Crippen LogP contribution is -2.49. The van der Waals surface area contributed by atoms with Crippen LogP contribution in [0.1, 0.15) is 31.2 Å². The number of hydrogen-bond donors (Lipinski definition) is 2. The highest BCUT2D eigenvalue weighted by Crippen LogP contribution is 2.29. The molecule has 2 heterocycles. The standard InChI is InChI=1S/C16H23N3O5S2/c1-25(21,22)17-11-13-4-2-3-9-19(13)26(23,24)14-6-7-15-12(10-14)5-8-16(20)18-15/h6-7,10,13,17H,2-5,8-9,11H2,1H3,(H,18,20)/t13-/m1/s1. The second kappa shape index (κ2) is 7.26. The molecule has 1 atom stereocenters. The molecule has 1 amide bonds. The second-order valence-corrected chi connectivity index (χ2v) is 10.5. The Kier molecular flexibility index (Phi) is 5.38. The summed E-state index contributed by atoms with van der Waals surface area (Å²) in [5.74, 6) is -0.0731. The first-order valence-electron chi connectivity index (χ1n) is 8.56. The normalized spacial score (nSPS) is 21.9. The summed E-state index contributed by atoms with van der Waals surface area (Å²) in [5.41, 5.74) is 1.45. The number of aryl methyl sites for hydroxylation is 1. The molecule has 0 unspecified atom stereocenters. The minimum absolute atomic E-state index is 0.0685. The van der Waals surface area contributed by atoms with Crippen LogP contribution < -0.4 is 10.0 Å². The summed E-state index contributed by atoms with van der Waals surface area (Å²) in [7, 11) is -7.13. The first-order chi connectivity index (χ1) is 12.2. The highest BCUT2D eigenvalue weighted by atomic mass is 32.2. The van der Waals surface area contributed by atoms with E-state index in [4.69, 9.17) is 0 Å². The van der Waals surface area contributed by atoms with Crippen LogP contribution >= 0.6 is 0 Å². The van der Waals surface area contributed by atoms with E-state index >= 15 is 0 Å². The Morgan fingerprint density at radius 3 is 2.69 bits per heavy atom. The van der Waals surface area contributed by atoms with Gasteiger partial charge in [-0.3, -0.25) is 4.79 Å². The summed E-state index contributed by atoms with van der Waals surface area (Å²) in [6.45, 7) is 0.436. The molecule has 2 N–H and O–H groups in total. The van der Waals surface area contributed by atoms with Crippen LogP contribution in [0.3, 0.4) is 0 Å². The number of rotatable bonds is 5. The Labute approximate surface area is 154 Å². The van der Waals surface area contributed by atoms with Gasteiger partial charge in [-0.2, -0.15) is 4.31 Å². The number of piperidine rings is 1. The number of nitrogens with zero attached hydrogens (tertiary/aromatic N) is 1. The van der Waals surface area contributed by atoms with E-state index in [0.717, 1.165) is 24.7 Å². The van der Waals surface area contributed by atoms with E-state index in [1.165, 1.54) is 10.4 Å². The molecule has 1 saturated heterocycles. The summed E-state index contributed by atoms with van der Waals surface area (Å²) < 4.78 is 52.8. The van der Waals surface area contributed by atoms with E-state index in [2.05, 4.69) is 10.0 Å². The monoisotopic (exact) mass is 401 g/mol. The van der Waals surface area contributed by atoms with Gasteiger partial charge in [0.15, 0.2) is 0 Å². The number of nitrogens with one attached hydrogen (secondary N) is 2. The van der Waals surface area contributed by atoms with Gasteiger partial charge < -0.3 is 5.32 Å². The number of hydrogen-bond acceptors (Lipinski definition) is 5. The first-order valence-corrected chi connectivity index (χ1v) is 11.9. The van der Waals surface area contributed by atoms with Gasteiger partial charge in [-0.25, -0.2) is 21.6 Å². The molecule has 0 radical (unpaired) electrons. The van der Waals surface area contributed by atoms with Crippen LogP contribution in [0.4, 0.5) is 5.69 Å². The second-order valence-electron chi connectivity index (χ2n) is 6.75. The summed E-state index contributed by atoms with van der Waals surface area (Å²) in [5, 5.41) is 2.74. The van der Waals surface area contributed by atoms with Gasteiger partial charge >= 0.3 is 0 Å². The van der Waals surface area contributed by atoms with E-state index in [-0.39, 0.29) is 17.3 Å². The highest BCUT2D eigenvalue weighted by molar-refractivity contribution is 7.89. The molecule has 0 aromatic heterocycles. The molecule has 0 bridgehead atoms. The van der Waals surface area contributed by atoms with Crippen molar-refractivity contribution in [3.05, 3.63) is 23.8 Å². The van der Waals surface area contributed by atoms with Crippen LogP contribution in [-0.4, -0.2) is 52.4 Å². The van der Waals surface area contributed by atoms with Crippen LogP contribution in [0.25, 0.3) is 0 Å². The predicted octanol–water partition coefficient (Wildman–Crippen LogP) is 0.664. The summed E-state index contributed by atoms with van der Waals surface area (Å²) in [4.78, 5) is 11.6. The predicted molar refractivity (Wildman–Crippen MR) is 97.8 cm³/mol. The van der Waals surface area contributed by atoms with Gasteiger partial charge in [0.05, 0.1) is 11.2 Å². The van der Waals surface area contributed by atoms with Crippen molar-refractivity contribution in [2.75, 3.05) is 24.7 Å². The van der Waals surface area contributed by atoms with Crippen molar-refractivity contribution in [3.8, 4) is 0 Å². The molecular weight excluding hydrogens is 378 g/mol. The van der Waals surface area contributed by atoms with Gasteiger partial charge in [-0.15, -0.1) is 0 Å². The Morgan fingerprint density at radius 1 is 1.19 bits per heavy atom. The van der Waals surface area contributed by atoms with Crippen molar-refractivity contribution in [2.24, 2.45) is 0 Å². The van der Waals surface area contributed by atoms with Crippen molar-refractivity contribution >= 4 is 31.6 Å². The third kappa shape index (κ3) is 4.25. The molecule has 0 aliphatic carbocycles.